The maximum Gasteiger partial charge on any atom is 0.408 e. The number of carbonyl (C=O) groups is 2. The molecule has 0 radical (unpaired) electrons. The number of benzene rings is 1. The van der Waals surface area contributed by atoms with Crippen LogP contribution in [0.3, 0.4) is 0 Å². The van der Waals surface area contributed by atoms with Crippen LogP contribution in [0.2, 0.25) is 0 Å². The topological polar surface area (TPSA) is 55.4 Å². The fourth-order valence-electron chi connectivity index (χ4n) is 1.37. The molecule has 0 heterocycles. The first-order valence-corrected chi connectivity index (χ1v) is 5.89. The van der Waals surface area contributed by atoms with Crippen molar-refractivity contribution >= 4 is 23.8 Å². The van der Waals surface area contributed by atoms with Crippen molar-refractivity contribution in [2.75, 3.05) is 6.61 Å². The first-order chi connectivity index (χ1) is 8.63. The van der Waals surface area contributed by atoms with Crippen LogP contribution in [0.25, 0.3) is 0 Å². The summed E-state index contributed by atoms with van der Waals surface area (Å²) in [6.45, 7) is 3.53. The van der Waals surface area contributed by atoms with Crippen LogP contribution >= 0.6 is 12.6 Å². The number of nitrogens with one attached hydrogen (secondary N) is 1. The highest BCUT2D eigenvalue weighted by molar-refractivity contribution is 7.96. The van der Waals surface area contributed by atoms with Crippen molar-refractivity contribution in [1.29, 1.82) is 0 Å². The minimum atomic E-state index is -0.701. The third-order valence-corrected chi connectivity index (χ3v) is 2.52. The zero-order valence-electron chi connectivity index (χ0n) is 9.83. The highest BCUT2D eigenvalue weighted by Gasteiger charge is 2.18. The van der Waals surface area contributed by atoms with Crippen molar-refractivity contribution in [1.82, 2.24) is 5.32 Å². The Hall–Kier alpha value is -1.75. The smallest absolute Gasteiger partial charge is 0.408 e. The molecule has 0 aliphatic heterocycles. The molecule has 1 aromatic rings. The van der Waals surface area contributed by atoms with Crippen LogP contribution in [0.15, 0.2) is 43.0 Å². The van der Waals surface area contributed by atoms with Gasteiger partial charge in [0.2, 0.25) is 5.12 Å². The molecule has 1 aromatic carbocycles. The van der Waals surface area contributed by atoms with Crippen LogP contribution in [0, 0.1) is 0 Å². The van der Waals surface area contributed by atoms with E-state index in [0.29, 0.717) is 6.42 Å². The molecule has 0 saturated carbocycles. The molecule has 0 bridgehead atoms. The molecule has 18 heavy (non-hydrogen) atoms. The molecule has 0 saturated heterocycles. The molecule has 0 aliphatic carbocycles. The average Bonchev–Trinajstić information content (AvgIpc) is 2.36. The van der Waals surface area contributed by atoms with E-state index in [1.807, 2.05) is 30.3 Å². The summed E-state index contributed by atoms with van der Waals surface area (Å²) < 4.78 is 4.76. The number of hydrogen-bond acceptors (Lipinski definition) is 3. The van der Waals surface area contributed by atoms with Gasteiger partial charge in [-0.2, -0.15) is 0 Å². The molecule has 0 aromatic heterocycles. The van der Waals surface area contributed by atoms with E-state index in [1.54, 1.807) is 0 Å². The summed E-state index contributed by atoms with van der Waals surface area (Å²) in [6.07, 6.45) is 1.18. The SMILES string of the molecule is C=CCOC(=O)NC(Cc1ccccc1)C(=O)S. The number of rotatable bonds is 6. The highest BCUT2D eigenvalue weighted by Crippen LogP contribution is 2.05. The molecular weight excluding hydrogens is 250 g/mol. The van der Waals surface area contributed by atoms with E-state index in [9.17, 15) is 9.59 Å². The molecule has 96 valence electrons. The van der Waals surface area contributed by atoms with Gasteiger partial charge in [0.1, 0.15) is 12.6 Å². The molecule has 4 nitrogen and oxygen atoms in total. The second-order valence-electron chi connectivity index (χ2n) is 3.61. The van der Waals surface area contributed by atoms with Gasteiger partial charge in [0.05, 0.1) is 0 Å². The summed E-state index contributed by atoms with van der Waals surface area (Å²) in [6, 6.07) is 8.66. The Labute approximate surface area is 111 Å². The van der Waals surface area contributed by atoms with Crippen molar-refractivity contribution in [3.05, 3.63) is 48.6 Å². The number of alkyl carbamates (subject to hydrolysis) is 1. The zero-order valence-corrected chi connectivity index (χ0v) is 10.7. The quantitative estimate of drug-likeness (QED) is 0.610. The Bertz CT molecular complexity index is 420. The predicted molar refractivity (Wildman–Crippen MR) is 72.6 cm³/mol. The minimum absolute atomic E-state index is 0.102. The largest absolute Gasteiger partial charge is 0.445 e. The van der Waals surface area contributed by atoms with Crippen LogP contribution in [-0.2, 0) is 16.0 Å². The van der Waals surface area contributed by atoms with E-state index in [0.717, 1.165) is 5.56 Å². The molecule has 1 N–H and O–H groups in total. The summed E-state index contributed by atoms with van der Waals surface area (Å²) in [7, 11) is 0. The van der Waals surface area contributed by atoms with Crippen molar-refractivity contribution in [2.24, 2.45) is 0 Å². The lowest BCUT2D eigenvalue weighted by Crippen LogP contribution is -2.40. The van der Waals surface area contributed by atoms with Crippen LogP contribution in [0.4, 0.5) is 4.79 Å². The molecule has 1 rings (SSSR count). The Balaban J connectivity index is 2.58. The lowest BCUT2D eigenvalue weighted by atomic mass is 10.1. The Morgan fingerprint density at radius 1 is 1.39 bits per heavy atom. The van der Waals surface area contributed by atoms with E-state index in [1.165, 1.54) is 6.08 Å². The van der Waals surface area contributed by atoms with Gasteiger partial charge in [0.25, 0.3) is 0 Å². The monoisotopic (exact) mass is 265 g/mol. The minimum Gasteiger partial charge on any atom is -0.445 e. The standard InChI is InChI=1S/C13H15NO3S/c1-2-8-17-13(16)14-11(12(15)18)9-10-6-4-3-5-7-10/h2-7,11H,1,8-9H2,(H,14,16)(H,15,18). The fraction of sp³-hybridized carbons (Fsp3) is 0.231. The summed E-state index contributed by atoms with van der Waals surface area (Å²) in [5.74, 6) is 0. The van der Waals surface area contributed by atoms with Gasteiger partial charge in [-0.1, -0.05) is 43.0 Å². The zero-order chi connectivity index (χ0) is 13.4. The number of amides is 1. The summed E-state index contributed by atoms with van der Waals surface area (Å²) in [5, 5.41) is 2.06. The van der Waals surface area contributed by atoms with Crippen LogP contribution in [-0.4, -0.2) is 23.9 Å². The summed E-state index contributed by atoms with van der Waals surface area (Å²) in [4.78, 5) is 22.7. The second-order valence-corrected chi connectivity index (χ2v) is 4.05. The maximum atomic E-state index is 11.3. The van der Waals surface area contributed by atoms with Gasteiger partial charge < -0.3 is 10.1 Å². The number of ether oxygens (including phenoxy) is 1. The number of carbonyl (C=O) groups excluding carboxylic acids is 2. The number of thiol groups is 1. The lowest BCUT2D eigenvalue weighted by molar-refractivity contribution is -0.112. The summed E-state index contributed by atoms with van der Waals surface area (Å²) in [5.41, 5.74) is 0.939. The molecule has 1 unspecified atom stereocenters. The van der Waals surface area contributed by atoms with Gasteiger partial charge in [-0.3, -0.25) is 4.79 Å². The van der Waals surface area contributed by atoms with Crippen molar-refractivity contribution in [2.45, 2.75) is 12.5 Å². The normalized spacial score (nSPS) is 11.4. The van der Waals surface area contributed by atoms with Gasteiger partial charge in [-0.05, 0) is 5.56 Å². The van der Waals surface area contributed by atoms with E-state index >= 15 is 0 Å². The number of hydrogen-bond donors (Lipinski definition) is 2. The van der Waals surface area contributed by atoms with Crippen molar-refractivity contribution in [3.8, 4) is 0 Å². The molecule has 0 aliphatic rings. The van der Waals surface area contributed by atoms with E-state index in [-0.39, 0.29) is 6.61 Å². The van der Waals surface area contributed by atoms with E-state index in [4.69, 9.17) is 4.74 Å². The Morgan fingerprint density at radius 3 is 2.61 bits per heavy atom. The predicted octanol–water partition coefficient (Wildman–Crippen LogP) is 1.97. The highest BCUT2D eigenvalue weighted by atomic mass is 32.1. The molecule has 1 amide bonds. The van der Waals surface area contributed by atoms with E-state index < -0.39 is 17.3 Å². The van der Waals surface area contributed by atoms with Crippen LogP contribution < -0.4 is 5.32 Å². The third-order valence-electron chi connectivity index (χ3n) is 2.21. The van der Waals surface area contributed by atoms with Crippen LogP contribution in [0.1, 0.15) is 5.56 Å². The Kier molecular flexibility index (Phi) is 6.00. The third kappa shape index (κ3) is 5.05. The van der Waals surface area contributed by atoms with E-state index in [2.05, 4.69) is 24.5 Å². The Morgan fingerprint density at radius 2 is 2.06 bits per heavy atom. The van der Waals surface area contributed by atoms with Gasteiger partial charge in [-0.25, -0.2) is 4.79 Å². The van der Waals surface area contributed by atoms with Gasteiger partial charge >= 0.3 is 6.09 Å². The van der Waals surface area contributed by atoms with Gasteiger partial charge in [0.15, 0.2) is 0 Å². The summed E-state index contributed by atoms with van der Waals surface area (Å²) >= 11 is 3.76. The van der Waals surface area contributed by atoms with Crippen LogP contribution in [0.5, 0.6) is 0 Å². The molecule has 0 fully saturated rings. The van der Waals surface area contributed by atoms with Gasteiger partial charge in [-0.15, -0.1) is 12.6 Å². The first kappa shape index (κ1) is 14.3. The molecule has 5 heteroatoms. The molecular formula is C13H15NO3S. The molecule has 0 spiro atoms. The second kappa shape index (κ2) is 7.55. The molecule has 1 atom stereocenters. The maximum absolute atomic E-state index is 11.3. The first-order valence-electron chi connectivity index (χ1n) is 5.44. The van der Waals surface area contributed by atoms with Crippen molar-refractivity contribution < 1.29 is 14.3 Å². The lowest BCUT2D eigenvalue weighted by Gasteiger charge is -2.14. The fourth-order valence-corrected chi connectivity index (χ4v) is 1.52. The van der Waals surface area contributed by atoms with Crippen molar-refractivity contribution in [3.63, 3.8) is 0 Å². The average molecular weight is 265 g/mol. The van der Waals surface area contributed by atoms with Gasteiger partial charge in [0, 0.05) is 6.42 Å².